The van der Waals surface area contributed by atoms with Crippen molar-refractivity contribution in [1.29, 1.82) is 0 Å². The van der Waals surface area contributed by atoms with Crippen LogP contribution in [0.25, 0.3) is 0 Å². The maximum atomic E-state index is 13.0. The van der Waals surface area contributed by atoms with E-state index in [4.69, 9.17) is 5.73 Å². The summed E-state index contributed by atoms with van der Waals surface area (Å²) in [5, 5.41) is 0. The van der Waals surface area contributed by atoms with Gasteiger partial charge in [0.2, 0.25) is 10.0 Å². The molecule has 1 aromatic rings. The lowest BCUT2D eigenvalue weighted by atomic mass is 10.1. The van der Waals surface area contributed by atoms with Crippen LogP contribution in [-0.2, 0) is 10.0 Å². The zero-order chi connectivity index (χ0) is 12.5. The first-order valence-corrected chi connectivity index (χ1v) is 6.94. The number of sulfonamides is 1. The van der Waals surface area contributed by atoms with Gasteiger partial charge in [-0.3, -0.25) is 0 Å². The van der Waals surface area contributed by atoms with Gasteiger partial charge in [-0.25, -0.2) is 12.8 Å². The van der Waals surface area contributed by atoms with E-state index in [2.05, 4.69) is 0 Å². The smallest absolute Gasteiger partial charge is 0.243 e. The minimum absolute atomic E-state index is 0.00942. The minimum Gasteiger partial charge on any atom is -0.330 e. The van der Waals surface area contributed by atoms with Gasteiger partial charge in [-0.05, 0) is 37.1 Å². The average molecular weight is 258 g/mol. The van der Waals surface area contributed by atoms with Crippen LogP contribution in [-0.4, -0.2) is 32.4 Å². The third-order valence-corrected chi connectivity index (χ3v) is 4.88. The molecule has 17 heavy (non-hydrogen) atoms. The number of hydrogen-bond donors (Lipinski definition) is 1. The van der Waals surface area contributed by atoms with Crippen molar-refractivity contribution < 1.29 is 12.8 Å². The van der Waals surface area contributed by atoms with Gasteiger partial charge in [-0.15, -0.1) is 0 Å². The van der Waals surface area contributed by atoms with Crippen LogP contribution in [0.4, 0.5) is 4.39 Å². The Morgan fingerprint density at radius 1 is 1.47 bits per heavy atom. The van der Waals surface area contributed by atoms with Crippen molar-refractivity contribution in [3.05, 3.63) is 30.1 Å². The summed E-state index contributed by atoms with van der Waals surface area (Å²) in [6, 6.07) is 5.09. The first-order valence-electron chi connectivity index (χ1n) is 5.50. The Kier molecular flexibility index (Phi) is 3.46. The van der Waals surface area contributed by atoms with Crippen molar-refractivity contribution in [3.8, 4) is 0 Å². The molecule has 0 amide bonds. The highest BCUT2D eigenvalue weighted by Gasteiger charge is 2.31. The van der Waals surface area contributed by atoms with E-state index < -0.39 is 15.8 Å². The number of nitrogens with two attached hydrogens (primary N) is 1. The van der Waals surface area contributed by atoms with E-state index >= 15 is 0 Å². The Bertz CT molecular complexity index is 504. The molecule has 0 saturated carbocycles. The van der Waals surface area contributed by atoms with E-state index in [9.17, 15) is 12.8 Å². The number of nitrogens with zero attached hydrogens (tertiary/aromatic N) is 1. The number of halogens is 1. The Hall–Kier alpha value is -0.980. The molecule has 94 valence electrons. The van der Waals surface area contributed by atoms with Gasteiger partial charge in [0, 0.05) is 13.1 Å². The lowest BCUT2D eigenvalue weighted by molar-refractivity contribution is 0.458. The van der Waals surface area contributed by atoms with Gasteiger partial charge >= 0.3 is 0 Å². The summed E-state index contributed by atoms with van der Waals surface area (Å²) in [7, 11) is -3.57. The van der Waals surface area contributed by atoms with Crippen molar-refractivity contribution in [2.45, 2.75) is 11.3 Å². The summed E-state index contributed by atoms with van der Waals surface area (Å²) in [5.41, 5.74) is 5.52. The van der Waals surface area contributed by atoms with Crippen LogP contribution >= 0.6 is 0 Å². The summed E-state index contributed by atoms with van der Waals surface area (Å²) in [5.74, 6) is -0.334. The number of rotatable bonds is 3. The van der Waals surface area contributed by atoms with E-state index in [1.165, 1.54) is 22.5 Å². The Labute approximate surface area is 100 Å². The van der Waals surface area contributed by atoms with Crippen LogP contribution in [0.1, 0.15) is 6.42 Å². The van der Waals surface area contributed by atoms with Crippen molar-refractivity contribution in [2.24, 2.45) is 11.7 Å². The topological polar surface area (TPSA) is 63.4 Å². The second-order valence-corrected chi connectivity index (χ2v) is 6.15. The predicted octanol–water partition coefficient (Wildman–Crippen LogP) is 0.795. The number of benzene rings is 1. The van der Waals surface area contributed by atoms with Gasteiger partial charge < -0.3 is 5.73 Å². The van der Waals surface area contributed by atoms with Crippen LogP contribution in [0.5, 0.6) is 0 Å². The molecule has 4 nitrogen and oxygen atoms in total. The van der Waals surface area contributed by atoms with Crippen LogP contribution in [0.15, 0.2) is 29.2 Å². The fourth-order valence-corrected chi connectivity index (χ4v) is 3.55. The molecule has 1 fully saturated rings. The molecule has 0 aliphatic carbocycles. The lowest BCUT2D eigenvalue weighted by Crippen LogP contribution is -2.30. The van der Waals surface area contributed by atoms with E-state index in [1.54, 1.807) is 0 Å². The highest BCUT2D eigenvalue weighted by Crippen LogP contribution is 2.23. The highest BCUT2D eigenvalue weighted by atomic mass is 32.2. The van der Waals surface area contributed by atoms with Gasteiger partial charge in [-0.1, -0.05) is 6.07 Å². The molecule has 1 atom stereocenters. The maximum absolute atomic E-state index is 13.0. The number of hydrogen-bond acceptors (Lipinski definition) is 3. The van der Waals surface area contributed by atoms with Crippen molar-refractivity contribution in [3.63, 3.8) is 0 Å². The van der Waals surface area contributed by atoms with Crippen molar-refractivity contribution in [2.75, 3.05) is 19.6 Å². The Morgan fingerprint density at radius 2 is 2.24 bits per heavy atom. The molecular weight excluding hydrogens is 243 g/mol. The molecular formula is C11H15FN2O2S. The maximum Gasteiger partial charge on any atom is 0.243 e. The third-order valence-electron chi connectivity index (χ3n) is 3.02. The SMILES string of the molecule is NCC1CCN(S(=O)(=O)c2cccc(F)c2)C1. The second kappa shape index (κ2) is 4.72. The average Bonchev–Trinajstić information content (AvgIpc) is 2.78. The first-order chi connectivity index (χ1) is 8.04. The summed E-state index contributed by atoms with van der Waals surface area (Å²) in [6.07, 6.45) is 0.769. The van der Waals surface area contributed by atoms with Gasteiger partial charge in [0.25, 0.3) is 0 Å². The van der Waals surface area contributed by atoms with Gasteiger partial charge in [0.1, 0.15) is 5.82 Å². The third kappa shape index (κ3) is 2.48. The molecule has 0 spiro atoms. The fourth-order valence-electron chi connectivity index (χ4n) is 1.98. The van der Waals surface area contributed by atoms with Gasteiger partial charge in [0.05, 0.1) is 4.90 Å². The lowest BCUT2D eigenvalue weighted by Gasteiger charge is -2.16. The summed E-state index contributed by atoms with van der Waals surface area (Å²) >= 11 is 0. The van der Waals surface area contributed by atoms with E-state index in [1.807, 2.05) is 0 Å². The van der Waals surface area contributed by atoms with E-state index in [-0.39, 0.29) is 10.8 Å². The summed E-state index contributed by atoms with van der Waals surface area (Å²) < 4.78 is 38.7. The molecule has 1 aliphatic rings. The first kappa shape index (κ1) is 12.5. The molecule has 0 radical (unpaired) electrons. The Morgan fingerprint density at radius 3 is 2.82 bits per heavy atom. The molecule has 2 rings (SSSR count). The zero-order valence-electron chi connectivity index (χ0n) is 9.34. The van der Waals surface area contributed by atoms with E-state index in [0.29, 0.717) is 19.6 Å². The van der Waals surface area contributed by atoms with Crippen LogP contribution in [0, 0.1) is 11.7 Å². The largest absolute Gasteiger partial charge is 0.330 e. The molecule has 6 heteroatoms. The van der Waals surface area contributed by atoms with Crippen LogP contribution in [0.2, 0.25) is 0 Å². The van der Waals surface area contributed by atoms with Gasteiger partial charge in [-0.2, -0.15) is 4.31 Å². The molecule has 1 aliphatic heterocycles. The molecule has 1 saturated heterocycles. The molecule has 1 unspecified atom stereocenters. The molecule has 1 heterocycles. The molecule has 0 aromatic heterocycles. The summed E-state index contributed by atoms with van der Waals surface area (Å²) in [4.78, 5) is 0.00942. The normalized spacial score (nSPS) is 21.9. The minimum atomic E-state index is -3.57. The van der Waals surface area contributed by atoms with E-state index in [0.717, 1.165) is 12.5 Å². The van der Waals surface area contributed by atoms with Crippen molar-refractivity contribution >= 4 is 10.0 Å². The van der Waals surface area contributed by atoms with Crippen LogP contribution in [0.3, 0.4) is 0 Å². The van der Waals surface area contributed by atoms with Gasteiger partial charge in [0.15, 0.2) is 0 Å². The van der Waals surface area contributed by atoms with Crippen molar-refractivity contribution in [1.82, 2.24) is 4.31 Å². The summed E-state index contributed by atoms with van der Waals surface area (Å²) in [6.45, 7) is 1.37. The Balaban J connectivity index is 2.25. The standard InChI is InChI=1S/C11H15FN2O2S/c12-10-2-1-3-11(6-10)17(15,16)14-5-4-9(7-13)8-14/h1-3,6,9H,4-5,7-8,13H2. The van der Waals surface area contributed by atoms with Crippen LogP contribution < -0.4 is 5.73 Å². The molecule has 1 aromatic carbocycles. The second-order valence-electron chi connectivity index (χ2n) is 4.21. The zero-order valence-corrected chi connectivity index (χ0v) is 10.2. The molecule has 0 bridgehead atoms. The fraction of sp³-hybridized carbons (Fsp3) is 0.455. The highest BCUT2D eigenvalue weighted by molar-refractivity contribution is 7.89. The predicted molar refractivity (Wildman–Crippen MR) is 62.3 cm³/mol. The monoisotopic (exact) mass is 258 g/mol. The quantitative estimate of drug-likeness (QED) is 0.872. The molecule has 2 N–H and O–H groups in total.